The maximum absolute atomic E-state index is 12.6. The minimum atomic E-state index is -0.491. The molecular formula is C29H36N2O4. The van der Waals surface area contributed by atoms with Gasteiger partial charge >= 0.3 is 6.09 Å². The van der Waals surface area contributed by atoms with Crippen LogP contribution in [0.1, 0.15) is 57.1 Å². The van der Waals surface area contributed by atoms with Crippen molar-refractivity contribution in [2.75, 3.05) is 19.7 Å². The molecule has 1 amide bonds. The second-order valence-electron chi connectivity index (χ2n) is 10.2. The van der Waals surface area contributed by atoms with Crippen LogP contribution >= 0.6 is 0 Å². The predicted octanol–water partition coefficient (Wildman–Crippen LogP) is 6.63. The number of benzene rings is 2. The topological polar surface area (TPSA) is 64.8 Å². The van der Waals surface area contributed by atoms with Crippen LogP contribution in [0.5, 0.6) is 5.75 Å². The van der Waals surface area contributed by atoms with Crippen molar-refractivity contribution in [1.29, 1.82) is 0 Å². The molecule has 0 N–H and O–H groups in total. The van der Waals surface area contributed by atoms with Gasteiger partial charge in [0.15, 0.2) is 0 Å². The molecule has 2 atom stereocenters. The van der Waals surface area contributed by atoms with Gasteiger partial charge < -0.3 is 18.8 Å². The fourth-order valence-corrected chi connectivity index (χ4v) is 4.60. The SMILES string of the molecule is CC[C@H]1CN(C(=O)OC(C)(C)C)C[C@H]1c1cccc(OCCc2nc(-c3ccccc3)oc2C)c1. The number of aryl methyl sites for hydroxylation is 1. The number of rotatable bonds is 7. The van der Waals surface area contributed by atoms with Crippen molar-refractivity contribution in [1.82, 2.24) is 9.88 Å². The summed E-state index contributed by atoms with van der Waals surface area (Å²) in [4.78, 5) is 19.1. The molecule has 1 aliphatic heterocycles. The first-order chi connectivity index (χ1) is 16.7. The summed E-state index contributed by atoms with van der Waals surface area (Å²) in [6.07, 6.45) is 1.44. The molecule has 0 unspecified atom stereocenters. The largest absolute Gasteiger partial charge is 0.493 e. The van der Waals surface area contributed by atoms with Crippen LogP contribution in [-0.2, 0) is 11.2 Å². The summed E-state index contributed by atoms with van der Waals surface area (Å²) in [5, 5.41) is 0. The molecule has 2 aromatic carbocycles. The molecule has 1 aromatic heterocycles. The van der Waals surface area contributed by atoms with Crippen LogP contribution in [0.2, 0.25) is 0 Å². The molecule has 3 aromatic rings. The Bertz CT molecular complexity index is 1130. The second kappa shape index (κ2) is 10.5. The first-order valence-corrected chi connectivity index (χ1v) is 12.5. The molecule has 0 saturated carbocycles. The first-order valence-electron chi connectivity index (χ1n) is 12.5. The average Bonchev–Trinajstić information content (AvgIpc) is 3.43. The number of likely N-dealkylation sites (tertiary alicyclic amines) is 1. The summed E-state index contributed by atoms with van der Waals surface area (Å²) in [5.41, 5.74) is 2.59. The highest BCUT2D eigenvalue weighted by Gasteiger charge is 2.37. The highest BCUT2D eigenvalue weighted by molar-refractivity contribution is 5.68. The fraction of sp³-hybridized carbons (Fsp3) is 0.448. The van der Waals surface area contributed by atoms with E-state index in [2.05, 4.69) is 24.0 Å². The van der Waals surface area contributed by atoms with Gasteiger partial charge in [0.1, 0.15) is 17.1 Å². The van der Waals surface area contributed by atoms with Crippen molar-refractivity contribution < 1.29 is 18.7 Å². The van der Waals surface area contributed by atoms with E-state index < -0.39 is 5.60 Å². The number of hydrogen-bond acceptors (Lipinski definition) is 5. The van der Waals surface area contributed by atoms with Crippen LogP contribution < -0.4 is 4.74 Å². The number of carbonyl (C=O) groups excluding carboxylic acids is 1. The van der Waals surface area contributed by atoms with E-state index in [9.17, 15) is 4.79 Å². The zero-order chi connectivity index (χ0) is 25.0. The van der Waals surface area contributed by atoms with Gasteiger partial charge in [0.25, 0.3) is 0 Å². The van der Waals surface area contributed by atoms with E-state index in [1.165, 1.54) is 5.56 Å². The molecule has 0 bridgehead atoms. The van der Waals surface area contributed by atoms with Crippen LogP contribution in [0.15, 0.2) is 59.0 Å². The summed E-state index contributed by atoms with van der Waals surface area (Å²) < 4.78 is 17.6. The standard InChI is InChI=1S/C29H36N2O4/c1-6-21-18-31(28(32)35-29(3,4)5)19-25(21)23-13-10-14-24(17-23)33-16-15-26-20(2)34-27(30-26)22-11-8-7-9-12-22/h7-14,17,21,25H,6,15-16,18-19H2,1-5H3/t21-,25+/m0/s1. The molecule has 6 heteroatoms. The van der Waals surface area contributed by atoms with Crippen molar-refractivity contribution in [3.05, 3.63) is 71.6 Å². The number of ether oxygens (including phenoxy) is 2. The third kappa shape index (κ3) is 6.24. The molecule has 6 nitrogen and oxygen atoms in total. The lowest BCUT2D eigenvalue weighted by molar-refractivity contribution is 0.0286. The van der Waals surface area contributed by atoms with Gasteiger partial charge in [-0.3, -0.25) is 0 Å². The summed E-state index contributed by atoms with van der Waals surface area (Å²) in [6.45, 7) is 11.7. The Morgan fingerprint density at radius 2 is 1.89 bits per heavy atom. The molecule has 1 aliphatic rings. The van der Waals surface area contributed by atoms with Crippen LogP contribution in [0.25, 0.3) is 11.5 Å². The van der Waals surface area contributed by atoms with Gasteiger partial charge in [0, 0.05) is 31.0 Å². The van der Waals surface area contributed by atoms with E-state index in [0.29, 0.717) is 31.4 Å². The predicted molar refractivity (Wildman–Crippen MR) is 137 cm³/mol. The Morgan fingerprint density at radius 3 is 2.60 bits per heavy atom. The maximum Gasteiger partial charge on any atom is 0.410 e. The summed E-state index contributed by atoms with van der Waals surface area (Å²) in [5.74, 6) is 2.95. The van der Waals surface area contributed by atoms with Gasteiger partial charge in [-0.15, -0.1) is 0 Å². The van der Waals surface area contributed by atoms with E-state index in [4.69, 9.17) is 13.9 Å². The van der Waals surface area contributed by atoms with Gasteiger partial charge in [-0.05, 0) is 63.4 Å². The maximum atomic E-state index is 12.6. The Morgan fingerprint density at radius 1 is 1.11 bits per heavy atom. The molecule has 2 heterocycles. The quantitative estimate of drug-likeness (QED) is 0.383. The number of nitrogens with zero attached hydrogens (tertiary/aromatic N) is 2. The minimum absolute atomic E-state index is 0.233. The Hall–Kier alpha value is -3.28. The van der Waals surface area contributed by atoms with E-state index in [0.717, 1.165) is 35.7 Å². The van der Waals surface area contributed by atoms with E-state index in [1.54, 1.807) is 0 Å². The van der Waals surface area contributed by atoms with Crippen molar-refractivity contribution >= 4 is 6.09 Å². The number of amides is 1. The van der Waals surface area contributed by atoms with E-state index in [-0.39, 0.29) is 12.0 Å². The first kappa shape index (κ1) is 24.8. The zero-order valence-corrected chi connectivity index (χ0v) is 21.4. The van der Waals surface area contributed by atoms with E-state index >= 15 is 0 Å². The third-order valence-electron chi connectivity index (χ3n) is 6.42. The van der Waals surface area contributed by atoms with Gasteiger partial charge in [-0.1, -0.05) is 43.7 Å². The van der Waals surface area contributed by atoms with Crippen LogP contribution in [-0.4, -0.2) is 41.3 Å². The van der Waals surface area contributed by atoms with E-state index in [1.807, 2.05) is 75.1 Å². The lowest BCUT2D eigenvalue weighted by atomic mass is 9.87. The Balaban J connectivity index is 1.38. The van der Waals surface area contributed by atoms with Crippen molar-refractivity contribution in [2.24, 2.45) is 5.92 Å². The van der Waals surface area contributed by atoms with Crippen LogP contribution in [0, 0.1) is 12.8 Å². The number of hydrogen-bond donors (Lipinski definition) is 0. The van der Waals surface area contributed by atoms with Gasteiger partial charge in [0.05, 0.1) is 12.3 Å². The highest BCUT2D eigenvalue weighted by atomic mass is 16.6. The molecule has 0 aliphatic carbocycles. The fourth-order valence-electron chi connectivity index (χ4n) is 4.60. The zero-order valence-electron chi connectivity index (χ0n) is 21.4. The number of oxazole rings is 1. The van der Waals surface area contributed by atoms with Crippen molar-refractivity contribution in [2.45, 2.75) is 59.0 Å². The monoisotopic (exact) mass is 476 g/mol. The molecule has 1 fully saturated rings. The average molecular weight is 477 g/mol. The van der Waals surface area contributed by atoms with Crippen molar-refractivity contribution in [3.8, 4) is 17.2 Å². The van der Waals surface area contributed by atoms with Gasteiger partial charge in [0.2, 0.25) is 5.89 Å². The lowest BCUT2D eigenvalue weighted by Gasteiger charge is -2.24. The summed E-state index contributed by atoms with van der Waals surface area (Å²) >= 11 is 0. The Kier molecular flexibility index (Phi) is 7.48. The van der Waals surface area contributed by atoms with Gasteiger partial charge in [-0.25, -0.2) is 9.78 Å². The number of carbonyl (C=O) groups is 1. The molecule has 4 rings (SSSR count). The summed E-state index contributed by atoms with van der Waals surface area (Å²) in [7, 11) is 0. The molecule has 0 spiro atoms. The molecule has 0 radical (unpaired) electrons. The smallest absolute Gasteiger partial charge is 0.410 e. The molecule has 186 valence electrons. The lowest BCUT2D eigenvalue weighted by Crippen LogP contribution is -2.35. The second-order valence-corrected chi connectivity index (χ2v) is 10.2. The van der Waals surface area contributed by atoms with Crippen LogP contribution in [0.4, 0.5) is 4.79 Å². The normalized spacial score (nSPS) is 18.0. The van der Waals surface area contributed by atoms with Crippen LogP contribution in [0.3, 0.4) is 0 Å². The number of aromatic nitrogens is 1. The molecule has 35 heavy (non-hydrogen) atoms. The van der Waals surface area contributed by atoms with Crippen molar-refractivity contribution in [3.63, 3.8) is 0 Å². The minimum Gasteiger partial charge on any atom is -0.493 e. The Labute approximate surface area is 208 Å². The van der Waals surface area contributed by atoms with Gasteiger partial charge in [-0.2, -0.15) is 0 Å². The summed E-state index contributed by atoms with van der Waals surface area (Å²) in [6, 6.07) is 18.2. The third-order valence-corrected chi connectivity index (χ3v) is 6.42. The molecule has 1 saturated heterocycles. The highest BCUT2D eigenvalue weighted by Crippen LogP contribution is 2.36. The molecular weight excluding hydrogens is 440 g/mol.